The lowest BCUT2D eigenvalue weighted by Crippen LogP contribution is -2.45. The maximum Gasteiger partial charge on any atom is 0.165 e. The van der Waals surface area contributed by atoms with E-state index in [1.807, 2.05) is 18.2 Å². The minimum Gasteiger partial charge on any atom is -0.507 e. The molecule has 4 rings (SSSR count). The lowest BCUT2D eigenvalue weighted by Gasteiger charge is -2.34. The molecule has 2 aromatic carbocycles. The Bertz CT molecular complexity index is 917. The summed E-state index contributed by atoms with van der Waals surface area (Å²) in [6.45, 7) is 5.98. The fourth-order valence-corrected chi connectivity index (χ4v) is 3.27. The monoisotopic (exact) mass is 334 g/mol. The molecule has 1 N–H and O–H groups in total. The quantitative estimate of drug-likeness (QED) is 0.780. The molecule has 0 unspecified atom stereocenters. The molecule has 1 aromatic heterocycles. The summed E-state index contributed by atoms with van der Waals surface area (Å²) in [7, 11) is 2.15. The number of hydrogen-bond donors (Lipinski definition) is 1. The number of nitrogens with zero attached hydrogens (tertiary/aromatic N) is 4. The van der Waals surface area contributed by atoms with Gasteiger partial charge in [0, 0.05) is 31.6 Å². The van der Waals surface area contributed by atoms with Crippen molar-refractivity contribution in [2.75, 3.05) is 38.1 Å². The summed E-state index contributed by atoms with van der Waals surface area (Å²) in [5.41, 5.74) is 2.75. The van der Waals surface area contributed by atoms with Crippen LogP contribution in [-0.4, -0.2) is 53.2 Å². The van der Waals surface area contributed by atoms with Crippen molar-refractivity contribution < 1.29 is 5.11 Å². The molecule has 2 heterocycles. The van der Waals surface area contributed by atoms with E-state index >= 15 is 0 Å². The van der Waals surface area contributed by atoms with Gasteiger partial charge in [-0.25, -0.2) is 9.97 Å². The zero-order valence-corrected chi connectivity index (χ0v) is 14.6. The van der Waals surface area contributed by atoms with E-state index in [1.165, 1.54) is 5.56 Å². The fraction of sp³-hybridized carbons (Fsp3) is 0.300. The van der Waals surface area contributed by atoms with E-state index in [1.54, 1.807) is 6.07 Å². The third-order valence-electron chi connectivity index (χ3n) is 4.78. The Hall–Kier alpha value is -2.66. The molecular formula is C20H22N4O. The van der Waals surface area contributed by atoms with Gasteiger partial charge in [-0.1, -0.05) is 18.2 Å². The van der Waals surface area contributed by atoms with Gasteiger partial charge >= 0.3 is 0 Å². The number of aromatic hydroxyl groups is 1. The molecule has 0 saturated carbocycles. The normalized spacial score (nSPS) is 15.7. The second kappa shape index (κ2) is 6.33. The van der Waals surface area contributed by atoms with Crippen LogP contribution >= 0.6 is 0 Å². The number of phenolic OH excluding ortho intramolecular Hbond substituents is 1. The Morgan fingerprint density at radius 3 is 2.48 bits per heavy atom. The Morgan fingerprint density at radius 2 is 1.72 bits per heavy atom. The highest BCUT2D eigenvalue weighted by molar-refractivity contribution is 5.91. The Labute approximate surface area is 147 Å². The molecule has 0 radical (unpaired) electrons. The minimum absolute atomic E-state index is 0.207. The number of para-hydroxylation sites is 1. The second-order valence-electron chi connectivity index (χ2n) is 6.70. The number of likely N-dealkylation sites (N-methyl/N-ethyl adjacent to an activating group) is 1. The number of benzene rings is 2. The van der Waals surface area contributed by atoms with Crippen LogP contribution in [0.2, 0.25) is 0 Å². The van der Waals surface area contributed by atoms with Crippen LogP contribution in [-0.2, 0) is 0 Å². The van der Waals surface area contributed by atoms with E-state index in [4.69, 9.17) is 9.97 Å². The molecule has 0 amide bonds. The Morgan fingerprint density at radius 1 is 0.960 bits per heavy atom. The van der Waals surface area contributed by atoms with E-state index in [9.17, 15) is 5.11 Å². The molecular weight excluding hydrogens is 312 g/mol. The molecule has 0 atom stereocenters. The Kier molecular flexibility index (Phi) is 4.01. The highest BCUT2D eigenvalue weighted by Crippen LogP contribution is 2.32. The van der Waals surface area contributed by atoms with Crippen LogP contribution in [0.25, 0.3) is 22.3 Å². The number of anilines is 1. The molecule has 0 spiro atoms. The summed E-state index contributed by atoms with van der Waals surface area (Å²) in [6.07, 6.45) is 0. The zero-order chi connectivity index (χ0) is 17.4. The largest absolute Gasteiger partial charge is 0.507 e. The number of piperazine rings is 1. The van der Waals surface area contributed by atoms with Crippen LogP contribution in [0.4, 0.5) is 5.82 Å². The van der Waals surface area contributed by atoms with Crippen LogP contribution in [0, 0.1) is 6.92 Å². The lowest BCUT2D eigenvalue weighted by molar-refractivity contribution is 0.312. The molecule has 1 aliphatic rings. The predicted octanol–water partition coefficient (Wildman–Crippen LogP) is 3.06. The molecule has 1 aliphatic heterocycles. The summed E-state index contributed by atoms with van der Waals surface area (Å²) in [4.78, 5) is 14.2. The summed E-state index contributed by atoms with van der Waals surface area (Å²) >= 11 is 0. The fourth-order valence-electron chi connectivity index (χ4n) is 3.27. The van der Waals surface area contributed by atoms with Crippen molar-refractivity contribution in [2.24, 2.45) is 0 Å². The number of hydrogen-bond acceptors (Lipinski definition) is 5. The average molecular weight is 334 g/mol. The molecule has 3 aromatic rings. The number of fused-ring (bicyclic) bond motifs is 1. The standard InChI is InChI=1S/C20H22N4O/c1-14-7-8-15-17(13-14)21-19(16-5-3-4-6-18(16)25)22-20(15)24-11-9-23(2)10-12-24/h3-8,13,25H,9-12H2,1-2H3. The second-order valence-corrected chi connectivity index (χ2v) is 6.70. The molecule has 25 heavy (non-hydrogen) atoms. The first-order valence-corrected chi connectivity index (χ1v) is 8.62. The van der Waals surface area contributed by atoms with Gasteiger partial charge in [0.05, 0.1) is 11.1 Å². The number of phenols is 1. The first kappa shape index (κ1) is 15.8. The number of aromatic nitrogens is 2. The van der Waals surface area contributed by atoms with Gasteiger partial charge in [-0.15, -0.1) is 0 Å². The molecule has 1 saturated heterocycles. The van der Waals surface area contributed by atoms with Crippen molar-refractivity contribution in [3.63, 3.8) is 0 Å². The van der Waals surface area contributed by atoms with Gasteiger partial charge in [0.1, 0.15) is 11.6 Å². The van der Waals surface area contributed by atoms with Gasteiger partial charge in [-0.05, 0) is 43.8 Å². The Balaban J connectivity index is 1.89. The lowest BCUT2D eigenvalue weighted by atomic mass is 10.1. The summed E-state index contributed by atoms with van der Waals surface area (Å²) in [5, 5.41) is 11.3. The first-order valence-electron chi connectivity index (χ1n) is 8.62. The van der Waals surface area contributed by atoms with Gasteiger partial charge in [-0.2, -0.15) is 0 Å². The number of rotatable bonds is 2. The summed E-state index contributed by atoms with van der Waals surface area (Å²) in [6, 6.07) is 13.5. The summed E-state index contributed by atoms with van der Waals surface area (Å²) in [5.74, 6) is 1.74. The van der Waals surface area contributed by atoms with Crippen LogP contribution in [0.15, 0.2) is 42.5 Å². The predicted molar refractivity (Wildman–Crippen MR) is 101 cm³/mol. The van der Waals surface area contributed by atoms with Crippen LogP contribution in [0.3, 0.4) is 0 Å². The highest BCUT2D eigenvalue weighted by Gasteiger charge is 2.20. The van der Waals surface area contributed by atoms with Crippen LogP contribution in [0.1, 0.15) is 5.56 Å². The smallest absolute Gasteiger partial charge is 0.165 e. The van der Waals surface area contributed by atoms with Crippen molar-refractivity contribution in [1.82, 2.24) is 14.9 Å². The maximum absolute atomic E-state index is 10.2. The van der Waals surface area contributed by atoms with Crippen LogP contribution in [0.5, 0.6) is 5.75 Å². The van der Waals surface area contributed by atoms with Crippen molar-refractivity contribution in [3.05, 3.63) is 48.0 Å². The van der Waals surface area contributed by atoms with Crippen molar-refractivity contribution in [1.29, 1.82) is 0 Å². The third-order valence-corrected chi connectivity index (χ3v) is 4.78. The van der Waals surface area contributed by atoms with E-state index in [-0.39, 0.29) is 5.75 Å². The van der Waals surface area contributed by atoms with Crippen molar-refractivity contribution >= 4 is 16.7 Å². The zero-order valence-electron chi connectivity index (χ0n) is 14.6. The van der Waals surface area contributed by atoms with Crippen molar-refractivity contribution in [2.45, 2.75) is 6.92 Å². The number of aryl methyl sites for hydroxylation is 1. The molecule has 5 heteroatoms. The SMILES string of the molecule is Cc1ccc2c(N3CCN(C)CC3)nc(-c3ccccc3O)nc2c1. The molecule has 0 bridgehead atoms. The average Bonchev–Trinajstić information content (AvgIpc) is 2.61. The summed E-state index contributed by atoms with van der Waals surface area (Å²) < 4.78 is 0. The van der Waals surface area contributed by atoms with Gasteiger partial charge in [0.15, 0.2) is 5.82 Å². The van der Waals surface area contributed by atoms with Crippen molar-refractivity contribution in [3.8, 4) is 17.1 Å². The third kappa shape index (κ3) is 3.03. The van der Waals surface area contributed by atoms with Gasteiger partial charge in [0.25, 0.3) is 0 Å². The highest BCUT2D eigenvalue weighted by atomic mass is 16.3. The van der Waals surface area contributed by atoms with Gasteiger partial charge in [0.2, 0.25) is 0 Å². The molecule has 128 valence electrons. The molecule has 0 aliphatic carbocycles. The topological polar surface area (TPSA) is 52.5 Å². The maximum atomic E-state index is 10.2. The van der Waals surface area contributed by atoms with E-state index in [0.717, 1.165) is 42.9 Å². The van der Waals surface area contributed by atoms with Gasteiger partial charge in [-0.3, -0.25) is 0 Å². The molecule has 5 nitrogen and oxygen atoms in total. The van der Waals surface area contributed by atoms with Crippen LogP contribution < -0.4 is 4.90 Å². The van der Waals surface area contributed by atoms with E-state index in [2.05, 4.69) is 42.0 Å². The van der Waals surface area contributed by atoms with E-state index < -0.39 is 0 Å². The van der Waals surface area contributed by atoms with Gasteiger partial charge < -0.3 is 14.9 Å². The first-order chi connectivity index (χ1) is 12.1. The van der Waals surface area contributed by atoms with E-state index in [0.29, 0.717) is 11.4 Å². The molecule has 1 fully saturated rings. The minimum atomic E-state index is 0.207.